The summed E-state index contributed by atoms with van der Waals surface area (Å²) in [7, 11) is 1.29. The Morgan fingerprint density at radius 2 is 1.80 bits per heavy atom. The fourth-order valence-corrected chi connectivity index (χ4v) is 4.21. The number of benzene rings is 3. The number of ketones is 1. The van der Waals surface area contributed by atoms with Crippen molar-refractivity contribution in [3.8, 4) is 11.5 Å². The number of aliphatic hydroxyl groups is 1. The van der Waals surface area contributed by atoms with Crippen molar-refractivity contribution in [1.82, 2.24) is 0 Å². The van der Waals surface area contributed by atoms with Gasteiger partial charge in [-0.1, -0.05) is 36.4 Å². The number of rotatable bonds is 9. The van der Waals surface area contributed by atoms with Crippen LogP contribution < -0.4 is 14.4 Å². The molecule has 4 rings (SSSR count). The highest BCUT2D eigenvalue weighted by atomic mass is 16.6. The van der Waals surface area contributed by atoms with E-state index in [2.05, 4.69) is 0 Å². The van der Waals surface area contributed by atoms with Crippen LogP contribution in [0.25, 0.3) is 0 Å². The summed E-state index contributed by atoms with van der Waals surface area (Å²) in [5.74, 6) is -0.561. The monoisotopic (exact) mass is 476 g/mol. The highest BCUT2D eigenvalue weighted by Gasteiger charge is 2.50. The fraction of sp³-hybridized carbons (Fsp3) is 0.231. The van der Waals surface area contributed by atoms with Crippen LogP contribution in [-0.4, -0.2) is 42.0 Å². The van der Waals surface area contributed by atoms with Gasteiger partial charge in [0, 0.05) is 17.2 Å². The van der Waals surface area contributed by atoms with E-state index in [0.717, 1.165) is 11.6 Å². The van der Waals surface area contributed by atoms with Crippen LogP contribution in [0, 0.1) is 17.0 Å². The first-order chi connectivity index (χ1) is 16.8. The van der Waals surface area contributed by atoms with Crippen LogP contribution in [0.15, 0.2) is 66.7 Å². The number of carbonyl (C=O) groups excluding carboxylic acids is 2. The molecule has 1 aliphatic rings. The number of fused-ring (bicyclic) bond motifs is 1. The Labute approximate surface area is 201 Å². The average molecular weight is 476 g/mol. The second-order valence-electron chi connectivity index (χ2n) is 8.19. The maximum atomic E-state index is 13.4. The molecule has 1 unspecified atom stereocenters. The molecule has 0 saturated carbocycles. The molecule has 0 bridgehead atoms. The van der Waals surface area contributed by atoms with Crippen LogP contribution in [-0.2, 0) is 10.4 Å². The van der Waals surface area contributed by atoms with Crippen LogP contribution in [0.4, 0.5) is 11.4 Å². The molecule has 35 heavy (non-hydrogen) atoms. The molecule has 1 aliphatic heterocycles. The number of ether oxygens (including phenoxy) is 2. The minimum atomic E-state index is -2.11. The zero-order valence-electron chi connectivity index (χ0n) is 19.3. The van der Waals surface area contributed by atoms with Gasteiger partial charge in [0.1, 0.15) is 12.4 Å². The molecule has 3 aromatic rings. The Bertz CT molecular complexity index is 1310. The lowest BCUT2D eigenvalue weighted by molar-refractivity contribution is -0.385. The summed E-state index contributed by atoms with van der Waals surface area (Å²) in [6.07, 6.45) is -0.568. The van der Waals surface area contributed by atoms with E-state index in [9.17, 15) is 24.8 Å². The second-order valence-corrected chi connectivity index (χ2v) is 8.19. The molecule has 3 aromatic carbocycles. The van der Waals surface area contributed by atoms with Crippen molar-refractivity contribution in [2.75, 3.05) is 25.2 Å². The third-order valence-electron chi connectivity index (χ3n) is 6.02. The van der Waals surface area contributed by atoms with E-state index in [4.69, 9.17) is 9.47 Å². The van der Waals surface area contributed by atoms with E-state index in [-0.39, 0.29) is 30.2 Å². The summed E-state index contributed by atoms with van der Waals surface area (Å²) in [5.41, 5.74) is -0.739. The van der Waals surface area contributed by atoms with Gasteiger partial charge in [0.05, 0.1) is 30.7 Å². The summed E-state index contributed by atoms with van der Waals surface area (Å²) in [6.45, 7) is 2.26. The largest absolute Gasteiger partial charge is 0.491 e. The molecule has 0 aliphatic carbocycles. The van der Waals surface area contributed by atoms with E-state index >= 15 is 0 Å². The van der Waals surface area contributed by atoms with E-state index in [1.54, 1.807) is 24.3 Å². The minimum Gasteiger partial charge on any atom is -0.491 e. The van der Waals surface area contributed by atoms with Crippen LogP contribution in [0.5, 0.6) is 11.5 Å². The van der Waals surface area contributed by atoms with Crippen molar-refractivity contribution in [2.45, 2.75) is 18.9 Å². The predicted octanol–water partition coefficient (Wildman–Crippen LogP) is 3.80. The van der Waals surface area contributed by atoms with E-state index < -0.39 is 28.6 Å². The van der Waals surface area contributed by atoms with Crippen LogP contribution in [0.2, 0.25) is 0 Å². The van der Waals surface area contributed by atoms with E-state index in [1.165, 1.54) is 24.1 Å². The summed E-state index contributed by atoms with van der Waals surface area (Å²) in [4.78, 5) is 38.5. The van der Waals surface area contributed by atoms with Gasteiger partial charge in [-0.25, -0.2) is 0 Å². The predicted molar refractivity (Wildman–Crippen MR) is 128 cm³/mol. The molecular weight excluding hydrogens is 452 g/mol. The van der Waals surface area contributed by atoms with Crippen molar-refractivity contribution < 1.29 is 29.1 Å². The van der Waals surface area contributed by atoms with Crippen LogP contribution in [0.1, 0.15) is 27.9 Å². The summed E-state index contributed by atoms with van der Waals surface area (Å²) in [5, 5.41) is 22.8. The molecule has 0 radical (unpaired) electrons. The number of hydrogen-bond donors (Lipinski definition) is 1. The standard InChI is InChI=1S/C26H24N2O7/c1-17-7-3-6-10-23(17)35-14-13-27-20-9-5-4-8-19(20)26(31,25(27)30)16-22(29)18-11-12-24(34-2)21(15-18)28(32)33/h3-12,15,31H,13-14,16H2,1-2H3. The number of carbonyl (C=O) groups is 2. The first kappa shape index (κ1) is 23.9. The zero-order valence-corrected chi connectivity index (χ0v) is 19.3. The lowest BCUT2D eigenvalue weighted by Crippen LogP contribution is -2.43. The van der Waals surface area contributed by atoms with Gasteiger partial charge in [-0.15, -0.1) is 0 Å². The highest BCUT2D eigenvalue weighted by Crippen LogP contribution is 2.43. The molecule has 9 heteroatoms. The van der Waals surface area contributed by atoms with Crippen LogP contribution >= 0.6 is 0 Å². The van der Waals surface area contributed by atoms with Gasteiger partial charge in [0.15, 0.2) is 17.1 Å². The highest BCUT2D eigenvalue weighted by molar-refractivity contribution is 6.10. The number of nitrogens with zero attached hydrogens (tertiary/aromatic N) is 2. The third kappa shape index (κ3) is 4.45. The third-order valence-corrected chi connectivity index (χ3v) is 6.02. The van der Waals surface area contributed by atoms with Crippen LogP contribution in [0.3, 0.4) is 0 Å². The maximum Gasteiger partial charge on any atom is 0.311 e. The molecule has 9 nitrogen and oxygen atoms in total. The smallest absolute Gasteiger partial charge is 0.311 e. The molecule has 1 N–H and O–H groups in total. The maximum absolute atomic E-state index is 13.4. The number of anilines is 1. The lowest BCUT2D eigenvalue weighted by atomic mass is 9.88. The molecular formula is C26H24N2O7. The number of nitro benzene ring substituents is 1. The summed E-state index contributed by atoms with van der Waals surface area (Å²) in [6, 6.07) is 18.0. The first-order valence-electron chi connectivity index (χ1n) is 10.9. The lowest BCUT2D eigenvalue weighted by Gasteiger charge is -2.23. The van der Waals surface area contributed by atoms with Crippen molar-refractivity contribution in [3.63, 3.8) is 0 Å². The van der Waals surface area contributed by atoms with Gasteiger partial charge in [-0.2, -0.15) is 0 Å². The topological polar surface area (TPSA) is 119 Å². The SMILES string of the molecule is COc1ccc(C(=O)CC2(O)C(=O)N(CCOc3ccccc3C)c3ccccc32)cc1[N+](=O)[O-]. The Morgan fingerprint density at radius 1 is 1.09 bits per heavy atom. The van der Waals surface area contributed by atoms with Crippen molar-refractivity contribution in [1.29, 1.82) is 0 Å². The Hall–Kier alpha value is -4.24. The number of nitro groups is 1. The van der Waals surface area contributed by atoms with E-state index in [0.29, 0.717) is 17.0 Å². The Balaban J connectivity index is 1.57. The van der Waals surface area contributed by atoms with Gasteiger partial charge in [0.25, 0.3) is 5.91 Å². The molecule has 0 spiro atoms. The van der Waals surface area contributed by atoms with Gasteiger partial charge < -0.3 is 19.5 Å². The number of Topliss-reactive ketones (excluding diaryl/α,β-unsaturated/α-hetero) is 1. The number of methoxy groups -OCH3 is 1. The normalized spacial score (nSPS) is 16.7. The quantitative estimate of drug-likeness (QED) is 0.283. The Morgan fingerprint density at radius 3 is 2.51 bits per heavy atom. The minimum absolute atomic E-state index is 0.00228. The van der Waals surface area contributed by atoms with Gasteiger partial charge in [-0.3, -0.25) is 19.7 Å². The van der Waals surface area contributed by atoms with E-state index in [1.807, 2.05) is 31.2 Å². The second kappa shape index (κ2) is 9.55. The van der Waals surface area contributed by atoms with Crippen molar-refractivity contribution in [3.05, 3.63) is 93.5 Å². The molecule has 1 heterocycles. The molecule has 0 saturated heterocycles. The fourth-order valence-electron chi connectivity index (χ4n) is 4.21. The van der Waals surface area contributed by atoms with Gasteiger partial charge in [-0.05, 0) is 36.8 Å². The first-order valence-corrected chi connectivity index (χ1v) is 10.9. The molecule has 0 aromatic heterocycles. The molecule has 0 fully saturated rings. The van der Waals surface area contributed by atoms with Crippen molar-refractivity contribution in [2.24, 2.45) is 0 Å². The van der Waals surface area contributed by atoms with Gasteiger partial charge >= 0.3 is 5.69 Å². The summed E-state index contributed by atoms with van der Waals surface area (Å²) < 4.78 is 10.8. The molecule has 1 atom stereocenters. The summed E-state index contributed by atoms with van der Waals surface area (Å²) >= 11 is 0. The van der Waals surface area contributed by atoms with Crippen molar-refractivity contribution >= 4 is 23.1 Å². The molecule has 180 valence electrons. The number of hydrogen-bond acceptors (Lipinski definition) is 7. The Kier molecular flexibility index (Phi) is 6.52. The van der Waals surface area contributed by atoms with Gasteiger partial charge in [0.2, 0.25) is 0 Å². The number of aryl methyl sites for hydroxylation is 1. The number of amides is 1. The average Bonchev–Trinajstić information content (AvgIpc) is 3.06. The number of para-hydroxylation sites is 2. The zero-order chi connectivity index (χ0) is 25.2. The molecule has 1 amide bonds.